The molecule has 0 atom stereocenters. The van der Waals surface area contributed by atoms with Crippen molar-refractivity contribution < 1.29 is 0 Å². The van der Waals surface area contributed by atoms with Crippen LogP contribution in [0, 0.1) is 13.8 Å². The van der Waals surface area contributed by atoms with E-state index in [0.717, 1.165) is 5.69 Å². The van der Waals surface area contributed by atoms with E-state index in [1.165, 1.54) is 38.6 Å². The summed E-state index contributed by atoms with van der Waals surface area (Å²) in [5.41, 5.74) is 8.06. The normalized spacial score (nSPS) is 17.4. The molecule has 3 aromatic rings. The van der Waals surface area contributed by atoms with E-state index in [1.807, 2.05) is 6.20 Å². The molecule has 24 heavy (non-hydrogen) atoms. The van der Waals surface area contributed by atoms with Gasteiger partial charge < -0.3 is 0 Å². The first kappa shape index (κ1) is 15.4. The van der Waals surface area contributed by atoms with Crippen molar-refractivity contribution in [1.29, 1.82) is 0 Å². The minimum atomic E-state index is 0.0345. The number of rotatable bonds is 0. The summed E-state index contributed by atoms with van der Waals surface area (Å²) in [6.45, 7) is 13.9. The first-order valence-corrected chi connectivity index (χ1v) is 8.75. The zero-order chi connectivity index (χ0) is 17.3. The molecule has 2 aromatic carbocycles. The zero-order valence-electron chi connectivity index (χ0n) is 15.5. The van der Waals surface area contributed by atoms with Gasteiger partial charge in [0.2, 0.25) is 0 Å². The topological polar surface area (TPSA) is 12.9 Å². The molecule has 1 aliphatic carbocycles. The van der Waals surface area contributed by atoms with Crippen molar-refractivity contribution in [1.82, 2.24) is 4.98 Å². The molecular weight excluding hydrogens is 290 g/mol. The van der Waals surface area contributed by atoms with Crippen molar-refractivity contribution >= 4 is 10.8 Å². The Kier molecular flexibility index (Phi) is 3.01. The lowest BCUT2D eigenvalue weighted by molar-refractivity contribution is 0.297. The molecule has 0 fully saturated rings. The van der Waals surface area contributed by atoms with Crippen molar-refractivity contribution in [3.8, 4) is 11.3 Å². The fourth-order valence-electron chi connectivity index (χ4n) is 4.47. The fourth-order valence-corrected chi connectivity index (χ4v) is 4.47. The number of nitrogens with zero attached hydrogens (tertiary/aromatic N) is 1. The van der Waals surface area contributed by atoms with Crippen LogP contribution in [0.2, 0.25) is 0 Å². The monoisotopic (exact) mass is 315 g/mol. The number of aromatic nitrogens is 1. The van der Waals surface area contributed by atoms with Gasteiger partial charge in [0.05, 0.1) is 5.69 Å². The van der Waals surface area contributed by atoms with E-state index < -0.39 is 0 Å². The van der Waals surface area contributed by atoms with Gasteiger partial charge >= 0.3 is 0 Å². The standard InChI is InChI=1S/C23H25N/c1-14-9-10-17-15(2)20-18(13-16(17)12-14)21-19(8-7-11-24-21)22(3,4)23(20,5)6/h7-13H,1-6H3. The van der Waals surface area contributed by atoms with E-state index >= 15 is 0 Å². The van der Waals surface area contributed by atoms with Crippen LogP contribution in [-0.2, 0) is 10.8 Å². The lowest BCUT2D eigenvalue weighted by Gasteiger charge is -2.48. The highest BCUT2D eigenvalue weighted by atomic mass is 14.7. The molecule has 0 bridgehead atoms. The lowest BCUT2D eigenvalue weighted by atomic mass is 9.55. The Labute approximate surface area is 144 Å². The van der Waals surface area contributed by atoms with Crippen molar-refractivity contribution in [3.05, 3.63) is 64.8 Å². The number of hydrogen-bond acceptors (Lipinski definition) is 1. The Morgan fingerprint density at radius 3 is 2.38 bits per heavy atom. The van der Waals surface area contributed by atoms with Crippen LogP contribution in [0.3, 0.4) is 0 Å². The van der Waals surface area contributed by atoms with Gasteiger partial charge in [0.25, 0.3) is 0 Å². The molecule has 0 amide bonds. The molecule has 1 nitrogen and oxygen atoms in total. The summed E-state index contributed by atoms with van der Waals surface area (Å²) in [6.07, 6.45) is 1.92. The van der Waals surface area contributed by atoms with E-state index in [9.17, 15) is 0 Å². The van der Waals surface area contributed by atoms with Crippen LogP contribution >= 0.6 is 0 Å². The molecule has 0 spiro atoms. The zero-order valence-corrected chi connectivity index (χ0v) is 15.5. The minimum Gasteiger partial charge on any atom is -0.256 e. The van der Waals surface area contributed by atoms with Gasteiger partial charge in [-0.3, -0.25) is 4.98 Å². The van der Waals surface area contributed by atoms with E-state index in [0.29, 0.717) is 0 Å². The van der Waals surface area contributed by atoms with Crippen molar-refractivity contribution in [3.63, 3.8) is 0 Å². The van der Waals surface area contributed by atoms with Gasteiger partial charge in [0.1, 0.15) is 0 Å². The Morgan fingerprint density at radius 1 is 0.875 bits per heavy atom. The van der Waals surface area contributed by atoms with Crippen LogP contribution in [0.25, 0.3) is 22.0 Å². The second kappa shape index (κ2) is 4.69. The van der Waals surface area contributed by atoms with Crippen molar-refractivity contribution in [2.45, 2.75) is 52.4 Å². The van der Waals surface area contributed by atoms with Gasteiger partial charge in [-0.1, -0.05) is 57.5 Å². The highest BCUT2D eigenvalue weighted by molar-refractivity contribution is 5.94. The van der Waals surface area contributed by atoms with Gasteiger partial charge in [-0.2, -0.15) is 0 Å². The number of hydrogen-bond donors (Lipinski definition) is 0. The predicted molar refractivity (Wildman–Crippen MR) is 103 cm³/mol. The van der Waals surface area contributed by atoms with Crippen LogP contribution in [0.5, 0.6) is 0 Å². The molecule has 0 saturated heterocycles. The van der Waals surface area contributed by atoms with Crippen LogP contribution in [0.15, 0.2) is 42.6 Å². The van der Waals surface area contributed by atoms with Crippen molar-refractivity contribution in [2.75, 3.05) is 0 Å². The molecule has 1 heterocycles. The molecule has 0 unspecified atom stereocenters. The second-order valence-electron chi connectivity index (χ2n) is 8.30. The minimum absolute atomic E-state index is 0.0345. The maximum atomic E-state index is 4.79. The van der Waals surface area contributed by atoms with Gasteiger partial charge in [-0.05, 0) is 58.9 Å². The molecule has 0 radical (unpaired) electrons. The summed E-state index contributed by atoms with van der Waals surface area (Å²) >= 11 is 0. The fraction of sp³-hybridized carbons (Fsp3) is 0.348. The quantitative estimate of drug-likeness (QED) is 0.489. The van der Waals surface area contributed by atoms with Crippen LogP contribution in [0.1, 0.15) is 49.9 Å². The average Bonchev–Trinajstić information content (AvgIpc) is 2.52. The number of aryl methyl sites for hydroxylation is 2. The Balaban J connectivity index is 2.21. The van der Waals surface area contributed by atoms with Gasteiger partial charge in [0.15, 0.2) is 0 Å². The molecule has 0 N–H and O–H groups in total. The third-order valence-corrected chi connectivity index (χ3v) is 6.48. The Morgan fingerprint density at radius 2 is 1.62 bits per heavy atom. The summed E-state index contributed by atoms with van der Waals surface area (Å²) < 4.78 is 0. The molecule has 1 heteroatoms. The molecule has 0 aliphatic heterocycles. The number of fused-ring (bicyclic) bond motifs is 4. The lowest BCUT2D eigenvalue weighted by Crippen LogP contribution is -2.44. The molecule has 4 rings (SSSR count). The van der Waals surface area contributed by atoms with Gasteiger partial charge in [-0.25, -0.2) is 0 Å². The summed E-state index contributed by atoms with van der Waals surface area (Å²) in [6, 6.07) is 13.5. The van der Waals surface area contributed by atoms with E-state index in [1.54, 1.807) is 0 Å². The van der Waals surface area contributed by atoms with Crippen LogP contribution in [0.4, 0.5) is 0 Å². The smallest absolute Gasteiger partial charge is 0.0742 e. The second-order valence-corrected chi connectivity index (χ2v) is 8.30. The van der Waals surface area contributed by atoms with E-state index in [-0.39, 0.29) is 10.8 Å². The Bertz CT molecular complexity index is 977. The van der Waals surface area contributed by atoms with Crippen molar-refractivity contribution in [2.24, 2.45) is 0 Å². The summed E-state index contributed by atoms with van der Waals surface area (Å²) in [7, 11) is 0. The largest absolute Gasteiger partial charge is 0.256 e. The molecule has 1 aromatic heterocycles. The van der Waals surface area contributed by atoms with Crippen LogP contribution < -0.4 is 0 Å². The van der Waals surface area contributed by atoms with E-state index in [4.69, 9.17) is 4.98 Å². The molecule has 0 saturated carbocycles. The highest BCUT2D eigenvalue weighted by Gasteiger charge is 2.47. The number of pyridine rings is 1. The molecule has 122 valence electrons. The maximum Gasteiger partial charge on any atom is 0.0742 e. The van der Waals surface area contributed by atoms with Gasteiger partial charge in [0, 0.05) is 17.2 Å². The summed E-state index contributed by atoms with van der Waals surface area (Å²) in [4.78, 5) is 4.79. The number of benzene rings is 2. The first-order valence-electron chi connectivity index (χ1n) is 8.75. The molecule has 1 aliphatic rings. The maximum absolute atomic E-state index is 4.79. The Hall–Kier alpha value is -2.15. The summed E-state index contributed by atoms with van der Waals surface area (Å²) in [5.74, 6) is 0. The van der Waals surface area contributed by atoms with Gasteiger partial charge in [-0.15, -0.1) is 0 Å². The highest BCUT2D eigenvalue weighted by Crippen LogP contribution is 2.54. The predicted octanol–water partition coefficient (Wildman–Crippen LogP) is 6.09. The average molecular weight is 315 g/mol. The van der Waals surface area contributed by atoms with Crippen LogP contribution in [-0.4, -0.2) is 4.98 Å². The SMILES string of the molecule is Cc1ccc2c(C)c3c(cc2c1)-c1ncccc1C(C)(C)C3(C)C. The first-order chi connectivity index (χ1) is 11.2. The third kappa shape index (κ3) is 1.79. The molecular formula is C23H25N. The summed E-state index contributed by atoms with van der Waals surface area (Å²) in [5, 5.41) is 2.68. The third-order valence-electron chi connectivity index (χ3n) is 6.48. The van der Waals surface area contributed by atoms with E-state index in [2.05, 4.69) is 77.9 Å².